The van der Waals surface area contributed by atoms with E-state index >= 15 is 0 Å². The Morgan fingerprint density at radius 1 is 1.13 bits per heavy atom. The van der Waals surface area contributed by atoms with Crippen molar-refractivity contribution in [2.75, 3.05) is 26.8 Å². The lowest BCUT2D eigenvalue weighted by atomic mass is 9.87. The zero-order valence-electron chi connectivity index (χ0n) is 22.6. The summed E-state index contributed by atoms with van der Waals surface area (Å²) in [5.41, 5.74) is 1.07. The number of amides is 2. The van der Waals surface area contributed by atoms with Crippen LogP contribution in [0.3, 0.4) is 0 Å². The van der Waals surface area contributed by atoms with Gasteiger partial charge in [0.1, 0.15) is 12.2 Å². The molecule has 3 atom stereocenters. The normalized spacial score (nSPS) is 23.3. The maximum absolute atomic E-state index is 13.6. The van der Waals surface area contributed by atoms with Gasteiger partial charge in [-0.2, -0.15) is 0 Å². The maximum atomic E-state index is 13.6. The topological polar surface area (TPSA) is 129 Å². The van der Waals surface area contributed by atoms with E-state index in [1.807, 2.05) is 0 Å². The fraction of sp³-hybridized carbons (Fsp3) is 0.655. The third-order valence-corrected chi connectivity index (χ3v) is 8.86. The molecule has 2 fully saturated rings. The van der Waals surface area contributed by atoms with Crippen LogP contribution >= 0.6 is 22.6 Å². The first-order valence-electron chi connectivity index (χ1n) is 14.1. The van der Waals surface area contributed by atoms with Crippen LogP contribution in [-0.2, 0) is 16.2 Å². The molecular formula is C29H41IN2O7. The average Bonchev–Trinajstić information content (AvgIpc) is 3.61. The van der Waals surface area contributed by atoms with Crippen LogP contribution in [0, 0.1) is 15.4 Å². The van der Waals surface area contributed by atoms with E-state index < -0.39 is 18.2 Å². The van der Waals surface area contributed by atoms with Gasteiger partial charge in [-0.15, -0.1) is 0 Å². The van der Waals surface area contributed by atoms with Crippen molar-refractivity contribution in [3.05, 3.63) is 32.9 Å². The number of rotatable bonds is 13. The van der Waals surface area contributed by atoms with Gasteiger partial charge in [0.2, 0.25) is 11.8 Å². The molecule has 0 aromatic heterocycles. The molecule has 0 saturated heterocycles. The molecule has 1 aromatic carbocycles. The van der Waals surface area contributed by atoms with Crippen LogP contribution in [0.15, 0.2) is 23.8 Å². The van der Waals surface area contributed by atoms with Crippen molar-refractivity contribution >= 4 is 34.4 Å². The summed E-state index contributed by atoms with van der Waals surface area (Å²) in [6, 6.07) is 2.83. The van der Waals surface area contributed by atoms with Gasteiger partial charge in [-0.05, 0) is 77.5 Å². The van der Waals surface area contributed by atoms with Gasteiger partial charge in [0.25, 0.3) is 0 Å². The van der Waals surface area contributed by atoms with E-state index in [-0.39, 0.29) is 38.0 Å². The first-order chi connectivity index (χ1) is 18.8. The van der Waals surface area contributed by atoms with Crippen LogP contribution in [0.2, 0.25) is 0 Å². The lowest BCUT2D eigenvalue weighted by Gasteiger charge is -2.41. The molecule has 9 nitrogen and oxygen atoms in total. The highest BCUT2D eigenvalue weighted by Crippen LogP contribution is 2.38. The number of benzene rings is 1. The second kappa shape index (κ2) is 14.1. The number of nitrogens with zero attached hydrogens (tertiary/aromatic N) is 1. The summed E-state index contributed by atoms with van der Waals surface area (Å²) >= 11 is 2.09. The Morgan fingerprint density at radius 3 is 2.51 bits per heavy atom. The number of aliphatic hydroxyl groups excluding tert-OH is 3. The highest BCUT2D eigenvalue weighted by atomic mass is 127. The molecule has 2 amide bonds. The quantitative estimate of drug-likeness (QED) is 0.241. The fourth-order valence-electron chi connectivity index (χ4n) is 5.67. The number of methoxy groups -OCH3 is 1. The van der Waals surface area contributed by atoms with Crippen LogP contribution in [0.1, 0.15) is 63.4 Å². The van der Waals surface area contributed by atoms with Crippen molar-refractivity contribution in [1.82, 2.24) is 10.2 Å². The minimum absolute atomic E-state index is 0.0214. The number of halogens is 1. The summed E-state index contributed by atoms with van der Waals surface area (Å²) in [7, 11) is 1.50. The van der Waals surface area contributed by atoms with Crippen LogP contribution in [0.25, 0.3) is 0 Å². The van der Waals surface area contributed by atoms with Gasteiger partial charge in [0.05, 0.1) is 29.9 Å². The molecule has 3 aliphatic rings. The molecule has 0 bridgehead atoms. The van der Waals surface area contributed by atoms with Gasteiger partial charge in [-0.25, -0.2) is 0 Å². The van der Waals surface area contributed by atoms with Gasteiger partial charge in [0, 0.05) is 31.5 Å². The summed E-state index contributed by atoms with van der Waals surface area (Å²) in [6.07, 6.45) is 8.05. The molecule has 0 radical (unpaired) electrons. The molecule has 10 heteroatoms. The summed E-state index contributed by atoms with van der Waals surface area (Å²) in [5, 5.41) is 33.1. The third-order valence-electron chi connectivity index (χ3n) is 8.05. The molecule has 1 aromatic rings. The van der Waals surface area contributed by atoms with Crippen molar-refractivity contribution in [2.24, 2.45) is 11.8 Å². The molecular weight excluding hydrogens is 615 g/mol. The number of carbonyl (C=O) groups is 2. The van der Waals surface area contributed by atoms with Crippen LogP contribution in [-0.4, -0.2) is 77.1 Å². The summed E-state index contributed by atoms with van der Waals surface area (Å²) in [5.74, 6) is 1.47. The zero-order valence-corrected chi connectivity index (χ0v) is 24.8. The lowest BCUT2D eigenvalue weighted by molar-refractivity contribution is -0.139. The molecule has 0 spiro atoms. The Hall–Kier alpha value is -1.89. The van der Waals surface area contributed by atoms with E-state index in [4.69, 9.17) is 9.47 Å². The molecule has 3 aliphatic carbocycles. The van der Waals surface area contributed by atoms with E-state index in [0.29, 0.717) is 51.0 Å². The molecule has 0 aliphatic heterocycles. The van der Waals surface area contributed by atoms with E-state index in [0.717, 1.165) is 19.3 Å². The standard InChI is InChI=1S/C29H41IN2O7/c1-38-25-13-20(17-34)12-22(30)28(25)39-24-15-21(29(37)31-10-11-33)14-23(27(24)36)32(16-19-6-7-19)26(35)9-8-18-4-2-3-5-18/h12-13,15,18-19,23-24,27,33-34,36H,2-11,14,16-17H2,1H3,(H,31,37)/t23-,24+,27+/m1/s1. The predicted molar refractivity (Wildman–Crippen MR) is 154 cm³/mol. The number of nitrogens with one attached hydrogen (secondary N) is 1. The smallest absolute Gasteiger partial charge is 0.247 e. The summed E-state index contributed by atoms with van der Waals surface area (Å²) in [4.78, 5) is 28.4. The number of aliphatic hydroxyl groups is 3. The van der Waals surface area contributed by atoms with E-state index in [2.05, 4.69) is 27.9 Å². The lowest BCUT2D eigenvalue weighted by Crippen LogP contribution is -2.55. The molecule has 0 unspecified atom stereocenters. The molecule has 4 rings (SSSR count). The Kier molecular flexibility index (Phi) is 10.9. The number of carbonyl (C=O) groups excluding carboxylic acids is 2. The first-order valence-corrected chi connectivity index (χ1v) is 15.1. The Morgan fingerprint density at radius 2 is 1.87 bits per heavy atom. The van der Waals surface area contributed by atoms with Gasteiger partial charge in [-0.3, -0.25) is 9.59 Å². The highest BCUT2D eigenvalue weighted by molar-refractivity contribution is 14.1. The minimum atomic E-state index is -1.06. The van der Waals surface area contributed by atoms with Gasteiger partial charge in [-0.1, -0.05) is 25.7 Å². The molecule has 216 valence electrons. The largest absolute Gasteiger partial charge is 0.493 e. The zero-order chi connectivity index (χ0) is 27.9. The predicted octanol–water partition coefficient (Wildman–Crippen LogP) is 2.92. The summed E-state index contributed by atoms with van der Waals surface area (Å²) in [6.45, 7) is 0.324. The number of hydrogen-bond acceptors (Lipinski definition) is 7. The SMILES string of the molecule is COc1cc(CO)cc(I)c1O[C@H]1C=C(C(=O)NCCO)C[C@@H](N(CC2CC2)C(=O)CCC2CCCC2)[C@@H]1O. The van der Waals surface area contributed by atoms with E-state index in [9.17, 15) is 24.9 Å². The van der Waals surface area contributed by atoms with Crippen molar-refractivity contribution in [1.29, 1.82) is 0 Å². The Bertz CT molecular complexity index is 1040. The van der Waals surface area contributed by atoms with Gasteiger partial charge in [0.15, 0.2) is 11.5 Å². The van der Waals surface area contributed by atoms with Gasteiger partial charge < -0.3 is 35.0 Å². The minimum Gasteiger partial charge on any atom is -0.493 e. The van der Waals surface area contributed by atoms with Crippen LogP contribution in [0.4, 0.5) is 0 Å². The van der Waals surface area contributed by atoms with Gasteiger partial charge >= 0.3 is 0 Å². The number of ether oxygens (including phenoxy) is 2. The van der Waals surface area contributed by atoms with E-state index in [1.54, 1.807) is 23.1 Å². The molecule has 2 saturated carbocycles. The molecule has 39 heavy (non-hydrogen) atoms. The third kappa shape index (κ3) is 7.86. The van der Waals surface area contributed by atoms with Crippen LogP contribution < -0.4 is 14.8 Å². The highest BCUT2D eigenvalue weighted by Gasteiger charge is 2.42. The number of hydrogen-bond donors (Lipinski definition) is 4. The summed E-state index contributed by atoms with van der Waals surface area (Å²) < 4.78 is 12.5. The van der Waals surface area contributed by atoms with E-state index in [1.165, 1.54) is 32.8 Å². The van der Waals surface area contributed by atoms with Crippen molar-refractivity contribution < 1.29 is 34.4 Å². The first kappa shape index (κ1) is 30.1. The molecule has 0 heterocycles. The van der Waals surface area contributed by atoms with Crippen molar-refractivity contribution in [3.8, 4) is 11.5 Å². The monoisotopic (exact) mass is 656 g/mol. The fourth-order valence-corrected chi connectivity index (χ4v) is 6.46. The second-order valence-electron chi connectivity index (χ2n) is 11.0. The van der Waals surface area contributed by atoms with Crippen molar-refractivity contribution in [3.63, 3.8) is 0 Å². The van der Waals surface area contributed by atoms with Crippen LogP contribution in [0.5, 0.6) is 11.5 Å². The van der Waals surface area contributed by atoms with Crippen molar-refractivity contribution in [2.45, 2.75) is 82.6 Å². The average molecular weight is 657 g/mol. The Balaban J connectivity index is 1.61. The molecule has 4 N–H and O–H groups in total. The second-order valence-corrected chi connectivity index (χ2v) is 12.1. The maximum Gasteiger partial charge on any atom is 0.247 e. The Labute approximate surface area is 244 Å².